The number of fused-ring (bicyclic) bond motifs is 1. The van der Waals surface area contributed by atoms with Gasteiger partial charge in [0, 0.05) is 5.39 Å². The summed E-state index contributed by atoms with van der Waals surface area (Å²) in [5, 5.41) is 1.04. The number of hydrogen-bond donors (Lipinski definition) is 0. The maximum absolute atomic E-state index is 10.8. The molecular formula is C12H9NO. The van der Waals surface area contributed by atoms with E-state index in [1.54, 1.807) is 10.8 Å². The highest BCUT2D eigenvalue weighted by molar-refractivity contribution is 5.90. The summed E-state index contributed by atoms with van der Waals surface area (Å²) in [5.41, 5.74) is 4.27. The predicted octanol–water partition coefficient (Wildman–Crippen LogP) is 2.71. The summed E-state index contributed by atoms with van der Waals surface area (Å²) in [4.78, 5) is 10.8. The number of rotatable bonds is 2. The molecule has 1 heterocycles. The van der Waals surface area contributed by atoms with Gasteiger partial charge < -0.3 is 4.57 Å². The molecule has 1 aromatic heterocycles. The third-order valence-corrected chi connectivity index (χ3v) is 2.12. The zero-order valence-electron chi connectivity index (χ0n) is 7.60. The molecule has 0 fully saturated rings. The van der Waals surface area contributed by atoms with Crippen molar-refractivity contribution in [2.24, 2.45) is 0 Å². The Hall–Kier alpha value is -2.05. The number of aldehydes is 1. The normalized spacial score (nSPS) is 9.71. The zero-order valence-corrected chi connectivity index (χ0v) is 7.60. The summed E-state index contributed by atoms with van der Waals surface area (Å²) >= 11 is 0. The molecule has 0 saturated carbocycles. The van der Waals surface area contributed by atoms with Crippen molar-refractivity contribution in [1.29, 1.82) is 0 Å². The summed E-state index contributed by atoms with van der Waals surface area (Å²) in [6.07, 6.45) is 2.49. The molecule has 0 atom stereocenters. The molecule has 2 heteroatoms. The molecule has 68 valence electrons. The number of nitrogens with zero attached hydrogens (tertiary/aromatic N) is 1. The lowest BCUT2D eigenvalue weighted by molar-refractivity contribution is 0.111. The van der Waals surface area contributed by atoms with Gasteiger partial charge in [0.15, 0.2) is 6.29 Å². The lowest BCUT2D eigenvalue weighted by atomic mass is 10.2. The molecule has 2 rings (SSSR count). The van der Waals surface area contributed by atoms with Crippen molar-refractivity contribution >= 4 is 23.4 Å². The Balaban J connectivity index is 2.86. The SMILES string of the molecule is C=C=Cn1c(C=O)cc2ccccc21. The molecule has 0 aliphatic heterocycles. The lowest BCUT2D eigenvalue weighted by Crippen LogP contribution is -1.91. The monoisotopic (exact) mass is 183 g/mol. The van der Waals surface area contributed by atoms with Crippen molar-refractivity contribution in [3.05, 3.63) is 48.3 Å². The minimum Gasteiger partial charge on any atom is -0.306 e. The second-order valence-corrected chi connectivity index (χ2v) is 2.95. The first-order chi connectivity index (χ1) is 6.86. The molecule has 0 radical (unpaired) electrons. The van der Waals surface area contributed by atoms with E-state index in [4.69, 9.17) is 0 Å². The van der Waals surface area contributed by atoms with Gasteiger partial charge in [-0.05, 0) is 12.1 Å². The molecular weight excluding hydrogens is 174 g/mol. The Morgan fingerprint density at radius 1 is 1.36 bits per heavy atom. The van der Waals surface area contributed by atoms with Gasteiger partial charge in [-0.3, -0.25) is 4.79 Å². The molecule has 0 unspecified atom stereocenters. The Kier molecular flexibility index (Phi) is 2.05. The van der Waals surface area contributed by atoms with Gasteiger partial charge in [-0.15, -0.1) is 5.73 Å². The number of carbonyl (C=O) groups is 1. The highest BCUT2D eigenvalue weighted by Gasteiger charge is 2.03. The molecule has 2 nitrogen and oxygen atoms in total. The summed E-state index contributed by atoms with van der Waals surface area (Å²) in [6, 6.07) is 9.64. The third-order valence-electron chi connectivity index (χ3n) is 2.12. The Morgan fingerprint density at radius 2 is 2.14 bits per heavy atom. The minimum atomic E-state index is 0.613. The average Bonchev–Trinajstić information content (AvgIpc) is 2.58. The van der Waals surface area contributed by atoms with Gasteiger partial charge in [-0.1, -0.05) is 24.8 Å². The van der Waals surface area contributed by atoms with Crippen LogP contribution in [0.3, 0.4) is 0 Å². The maximum Gasteiger partial charge on any atom is 0.166 e. The summed E-state index contributed by atoms with van der Waals surface area (Å²) in [6.45, 7) is 3.50. The van der Waals surface area contributed by atoms with E-state index in [-0.39, 0.29) is 0 Å². The molecule has 0 bridgehead atoms. The molecule has 0 saturated heterocycles. The van der Waals surface area contributed by atoms with E-state index in [1.165, 1.54) is 0 Å². The predicted molar refractivity (Wildman–Crippen MR) is 57.2 cm³/mol. The van der Waals surface area contributed by atoms with Crippen LogP contribution in [0.2, 0.25) is 0 Å². The number of aromatic nitrogens is 1. The van der Waals surface area contributed by atoms with E-state index in [9.17, 15) is 4.79 Å². The van der Waals surface area contributed by atoms with Crippen molar-refractivity contribution < 1.29 is 4.79 Å². The van der Waals surface area contributed by atoms with E-state index in [1.807, 2.05) is 30.3 Å². The van der Waals surface area contributed by atoms with Crippen LogP contribution < -0.4 is 0 Å². The number of hydrogen-bond acceptors (Lipinski definition) is 1. The largest absolute Gasteiger partial charge is 0.306 e. The number of benzene rings is 1. The van der Waals surface area contributed by atoms with Crippen LogP contribution in [0.15, 0.2) is 42.6 Å². The highest BCUT2D eigenvalue weighted by Crippen LogP contribution is 2.18. The van der Waals surface area contributed by atoms with Crippen LogP contribution >= 0.6 is 0 Å². The van der Waals surface area contributed by atoms with Gasteiger partial charge in [0.25, 0.3) is 0 Å². The third kappa shape index (κ3) is 1.18. The Morgan fingerprint density at radius 3 is 2.86 bits per heavy atom. The van der Waals surface area contributed by atoms with Gasteiger partial charge in [-0.2, -0.15) is 0 Å². The van der Waals surface area contributed by atoms with Crippen LogP contribution in [0.25, 0.3) is 17.1 Å². The molecule has 0 aliphatic carbocycles. The molecule has 0 aliphatic rings. The standard InChI is InChI=1S/C12H9NO/c1-2-7-13-11(9-14)8-10-5-3-4-6-12(10)13/h3-9H,1H2. The van der Waals surface area contributed by atoms with E-state index < -0.39 is 0 Å². The zero-order chi connectivity index (χ0) is 9.97. The van der Waals surface area contributed by atoms with E-state index >= 15 is 0 Å². The average molecular weight is 183 g/mol. The van der Waals surface area contributed by atoms with Crippen molar-refractivity contribution in [3.63, 3.8) is 0 Å². The van der Waals surface area contributed by atoms with Gasteiger partial charge in [-0.25, -0.2) is 0 Å². The highest BCUT2D eigenvalue weighted by atomic mass is 16.1. The van der Waals surface area contributed by atoms with Crippen LogP contribution in [0, 0.1) is 0 Å². The van der Waals surface area contributed by atoms with E-state index in [2.05, 4.69) is 12.3 Å². The van der Waals surface area contributed by atoms with Crippen molar-refractivity contribution in [1.82, 2.24) is 4.57 Å². The first-order valence-corrected chi connectivity index (χ1v) is 4.28. The van der Waals surface area contributed by atoms with Crippen LogP contribution in [0.4, 0.5) is 0 Å². The molecule has 0 amide bonds. The summed E-state index contributed by atoms with van der Waals surface area (Å²) in [5.74, 6) is 0. The molecule has 1 aromatic carbocycles. The Labute approximate surface area is 81.8 Å². The molecule has 0 spiro atoms. The van der Waals surface area contributed by atoms with Gasteiger partial charge in [0.05, 0.1) is 17.4 Å². The Bertz CT molecular complexity index is 530. The van der Waals surface area contributed by atoms with E-state index in [0.29, 0.717) is 5.69 Å². The molecule has 14 heavy (non-hydrogen) atoms. The molecule has 0 N–H and O–H groups in total. The van der Waals surface area contributed by atoms with Gasteiger partial charge >= 0.3 is 0 Å². The quantitative estimate of drug-likeness (QED) is 0.518. The van der Waals surface area contributed by atoms with Gasteiger partial charge in [0.1, 0.15) is 0 Å². The van der Waals surface area contributed by atoms with Crippen LogP contribution in [0.1, 0.15) is 10.5 Å². The lowest BCUT2D eigenvalue weighted by Gasteiger charge is -1.97. The number of carbonyl (C=O) groups excluding carboxylic acids is 1. The maximum atomic E-state index is 10.8. The first kappa shape index (κ1) is 8.54. The van der Waals surface area contributed by atoms with Crippen molar-refractivity contribution in [2.75, 3.05) is 0 Å². The van der Waals surface area contributed by atoms with E-state index in [0.717, 1.165) is 17.2 Å². The fourth-order valence-corrected chi connectivity index (χ4v) is 1.52. The summed E-state index contributed by atoms with van der Waals surface area (Å²) in [7, 11) is 0. The van der Waals surface area contributed by atoms with Crippen LogP contribution in [0.5, 0.6) is 0 Å². The van der Waals surface area contributed by atoms with Crippen molar-refractivity contribution in [3.8, 4) is 0 Å². The fourth-order valence-electron chi connectivity index (χ4n) is 1.52. The topological polar surface area (TPSA) is 22.0 Å². The van der Waals surface area contributed by atoms with Crippen LogP contribution in [-0.4, -0.2) is 10.9 Å². The fraction of sp³-hybridized carbons (Fsp3) is 0. The van der Waals surface area contributed by atoms with Crippen molar-refractivity contribution in [2.45, 2.75) is 0 Å². The minimum absolute atomic E-state index is 0.613. The van der Waals surface area contributed by atoms with Gasteiger partial charge in [0.2, 0.25) is 0 Å². The second-order valence-electron chi connectivity index (χ2n) is 2.95. The first-order valence-electron chi connectivity index (χ1n) is 4.28. The smallest absolute Gasteiger partial charge is 0.166 e. The number of para-hydroxylation sites is 1. The second kappa shape index (κ2) is 3.36. The molecule has 2 aromatic rings. The van der Waals surface area contributed by atoms with Crippen LogP contribution in [-0.2, 0) is 0 Å². The summed E-state index contributed by atoms with van der Waals surface area (Å²) < 4.78 is 1.77.